The molecule has 0 unspecified atom stereocenters. The second kappa shape index (κ2) is 7.39. The first-order valence-electron chi connectivity index (χ1n) is 9.50. The number of fused-ring (bicyclic) bond motifs is 1. The van der Waals surface area contributed by atoms with Gasteiger partial charge in [-0.25, -0.2) is 4.79 Å². The molecule has 1 aliphatic heterocycles. The van der Waals surface area contributed by atoms with Crippen LogP contribution < -0.4 is 0 Å². The lowest BCUT2D eigenvalue weighted by atomic mass is 10.1. The minimum absolute atomic E-state index is 0.102. The van der Waals surface area contributed by atoms with E-state index >= 15 is 0 Å². The molecule has 0 N–H and O–H groups in total. The molecule has 0 saturated carbocycles. The van der Waals surface area contributed by atoms with Crippen LogP contribution in [0.2, 0.25) is 18.1 Å². The Morgan fingerprint density at radius 2 is 1.96 bits per heavy atom. The fourth-order valence-corrected chi connectivity index (χ4v) is 3.71. The van der Waals surface area contributed by atoms with E-state index in [9.17, 15) is 4.79 Å². The zero-order valence-corrected chi connectivity index (χ0v) is 19.0. The van der Waals surface area contributed by atoms with Crippen molar-refractivity contribution in [3.8, 4) is 0 Å². The minimum atomic E-state index is -1.95. The molecule has 5 nitrogen and oxygen atoms in total. The van der Waals surface area contributed by atoms with Crippen molar-refractivity contribution in [3.05, 3.63) is 35.7 Å². The summed E-state index contributed by atoms with van der Waals surface area (Å²) >= 11 is 0. The predicted molar refractivity (Wildman–Crippen MR) is 112 cm³/mol. The van der Waals surface area contributed by atoms with Crippen molar-refractivity contribution >= 4 is 20.5 Å². The van der Waals surface area contributed by atoms with Crippen LogP contribution in [0.5, 0.6) is 0 Å². The Morgan fingerprint density at radius 1 is 1.33 bits per heavy atom. The first-order valence-corrected chi connectivity index (χ1v) is 12.4. The molecule has 0 spiro atoms. The van der Waals surface area contributed by atoms with E-state index in [1.54, 1.807) is 17.2 Å². The van der Waals surface area contributed by atoms with Gasteiger partial charge in [0.05, 0.1) is 18.8 Å². The number of ether oxygens (including phenoxy) is 1. The normalized spacial score (nSPS) is 17.6. The second-order valence-electron chi connectivity index (χ2n) is 9.71. The molecule has 1 atom stereocenters. The van der Waals surface area contributed by atoms with Crippen molar-refractivity contribution in [2.24, 2.45) is 0 Å². The monoisotopic (exact) mass is 390 g/mol. The van der Waals surface area contributed by atoms with Gasteiger partial charge in [-0.05, 0) is 56.1 Å². The number of carbonyl (C=O) groups excluding carboxylic acids is 1. The number of pyridine rings is 1. The van der Waals surface area contributed by atoms with Gasteiger partial charge in [0, 0.05) is 6.20 Å². The molecule has 1 aromatic heterocycles. The van der Waals surface area contributed by atoms with Crippen molar-refractivity contribution in [3.63, 3.8) is 0 Å². The first-order chi connectivity index (χ1) is 12.2. The van der Waals surface area contributed by atoms with Gasteiger partial charge >= 0.3 is 6.09 Å². The fourth-order valence-electron chi connectivity index (χ4n) is 2.70. The van der Waals surface area contributed by atoms with E-state index < -0.39 is 13.9 Å². The highest BCUT2D eigenvalue weighted by Gasteiger charge is 2.42. The number of amides is 1. The summed E-state index contributed by atoms with van der Waals surface area (Å²) in [5.41, 5.74) is 2.33. The second-order valence-corrected chi connectivity index (χ2v) is 14.5. The van der Waals surface area contributed by atoms with Crippen LogP contribution in [0.25, 0.3) is 6.08 Å². The Morgan fingerprint density at radius 3 is 2.48 bits per heavy atom. The SMILES string of the molecule is C=Cc1cnc2c(c1)CN(C(=O)OC(C)(C)C)[C@@H]2CO[Si](C)(C)C(C)(C)C. The molecule has 0 bridgehead atoms. The van der Waals surface area contributed by atoms with Gasteiger partial charge in [0.15, 0.2) is 8.32 Å². The molecule has 0 aliphatic carbocycles. The Labute approximate surface area is 164 Å². The Bertz CT molecular complexity index is 717. The van der Waals surface area contributed by atoms with Gasteiger partial charge in [-0.3, -0.25) is 9.88 Å². The third-order valence-corrected chi connectivity index (χ3v) is 9.83. The predicted octanol–water partition coefficient (Wildman–Crippen LogP) is 5.54. The van der Waals surface area contributed by atoms with Crippen LogP contribution >= 0.6 is 0 Å². The zero-order valence-electron chi connectivity index (χ0n) is 18.0. The smallest absolute Gasteiger partial charge is 0.411 e. The molecule has 1 amide bonds. The van der Waals surface area contributed by atoms with Gasteiger partial charge in [0.1, 0.15) is 11.6 Å². The third kappa shape index (κ3) is 4.99. The highest BCUT2D eigenvalue weighted by molar-refractivity contribution is 6.74. The topological polar surface area (TPSA) is 51.7 Å². The third-order valence-electron chi connectivity index (χ3n) is 5.33. The van der Waals surface area contributed by atoms with Crippen LogP contribution in [0, 0.1) is 0 Å². The van der Waals surface area contributed by atoms with E-state index in [-0.39, 0.29) is 17.2 Å². The number of carbonyl (C=O) groups is 1. The van der Waals surface area contributed by atoms with Crippen LogP contribution in [-0.2, 0) is 15.7 Å². The molecule has 0 saturated heterocycles. The quantitative estimate of drug-likeness (QED) is 0.634. The number of aromatic nitrogens is 1. The highest BCUT2D eigenvalue weighted by Crippen LogP contribution is 2.39. The van der Waals surface area contributed by atoms with Crippen LogP contribution in [0.3, 0.4) is 0 Å². The molecule has 1 aromatic rings. The molecule has 0 aromatic carbocycles. The zero-order chi connectivity index (χ0) is 20.6. The largest absolute Gasteiger partial charge is 0.444 e. The van der Waals surface area contributed by atoms with Gasteiger partial charge < -0.3 is 9.16 Å². The van der Waals surface area contributed by atoms with Crippen molar-refractivity contribution in [1.82, 2.24) is 9.88 Å². The summed E-state index contributed by atoms with van der Waals surface area (Å²) in [7, 11) is -1.95. The molecule has 6 heteroatoms. The molecule has 150 valence electrons. The molecule has 0 fully saturated rings. The van der Waals surface area contributed by atoms with Crippen molar-refractivity contribution in [2.75, 3.05) is 6.61 Å². The average molecular weight is 391 g/mol. The molecule has 2 heterocycles. The Kier molecular flexibility index (Phi) is 5.93. The molecular formula is C21H34N2O3Si. The molecule has 0 radical (unpaired) electrons. The maximum absolute atomic E-state index is 12.8. The average Bonchev–Trinajstić information content (AvgIpc) is 2.88. The summed E-state index contributed by atoms with van der Waals surface area (Å²) in [6, 6.07) is 1.81. The summed E-state index contributed by atoms with van der Waals surface area (Å²) < 4.78 is 12.1. The minimum Gasteiger partial charge on any atom is -0.444 e. The van der Waals surface area contributed by atoms with E-state index in [0.717, 1.165) is 16.8 Å². The van der Waals surface area contributed by atoms with Crippen LogP contribution in [0.4, 0.5) is 4.79 Å². The van der Waals surface area contributed by atoms with Crippen LogP contribution in [-0.4, -0.2) is 36.5 Å². The Hall–Kier alpha value is -1.66. The van der Waals surface area contributed by atoms with E-state index in [1.807, 2.05) is 26.8 Å². The van der Waals surface area contributed by atoms with Crippen LogP contribution in [0.15, 0.2) is 18.8 Å². The van der Waals surface area contributed by atoms with Crippen molar-refractivity contribution in [1.29, 1.82) is 0 Å². The fraction of sp³-hybridized carbons (Fsp3) is 0.619. The number of hydrogen-bond acceptors (Lipinski definition) is 4. The summed E-state index contributed by atoms with van der Waals surface area (Å²) in [5.74, 6) is 0. The summed E-state index contributed by atoms with van der Waals surface area (Å²) in [6.45, 7) is 21.4. The lowest BCUT2D eigenvalue weighted by Crippen LogP contribution is -2.44. The summed E-state index contributed by atoms with van der Waals surface area (Å²) in [5, 5.41) is 0.102. The number of nitrogens with zero attached hydrogens (tertiary/aromatic N) is 2. The molecule has 2 rings (SSSR count). The van der Waals surface area contributed by atoms with E-state index in [0.29, 0.717) is 13.2 Å². The summed E-state index contributed by atoms with van der Waals surface area (Å²) in [4.78, 5) is 19.2. The van der Waals surface area contributed by atoms with Crippen molar-refractivity contribution in [2.45, 2.75) is 77.9 Å². The van der Waals surface area contributed by atoms with Gasteiger partial charge in [-0.1, -0.05) is 33.4 Å². The molecule has 1 aliphatic rings. The first kappa shape index (κ1) is 21.6. The number of hydrogen-bond donors (Lipinski definition) is 0. The van der Waals surface area contributed by atoms with Gasteiger partial charge in [-0.2, -0.15) is 0 Å². The standard InChI is InChI=1S/C21H34N2O3Si/c1-10-15-11-16-13-23(19(24)26-20(2,3)4)17(18(16)22-12-15)14-25-27(8,9)21(5,6)7/h10-12,17H,1,13-14H2,2-9H3/t17-/m1/s1. The Balaban J connectivity index is 2.30. The maximum atomic E-state index is 12.8. The lowest BCUT2D eigenvalue weighted by molar-refractivity contribution is 0.0114. The van der Waals surface area contributed by atoms with Crippen LogP contribution in [0.1, 0.15) is 64.4 Å². The highest BCUT2D eigenvalue weighted by atomic mass is 28.4. The lowest BCUT2D eigenvalue weighted by Gasteiger charge is -2.38. The van der Waals surface area contributed by atoms with Crippen molar-refractivity contribution < 1.29 is 14.0 Å². The molecular weight excluding hydrogens is 356 g/mol. The van der Waals surface area contributed by atoms with E-state index in [1.165, 1.54) is 0 Å². The van der Waals surface area contributed by atoms with E-state index in [4.69, 9.17) is 9.16 Å². The number of rotatable bonds is 4. The van der Waals surface area contributed by atoms with E-state index in [2.05, 4.69) is 45.4 Å². The van der Waals surface area contributed by atoms with Gasteiger partial charge in [-0.15, -0.1) is 0 Å². The van der Waals surface area contributed by atoms with Gasteiger partial charge in [0.25, 0.3) is 0 Å². The molecule has 27 heavy (non-hydrogen) atoms. The maximum Gasteiger partial charge on any atom is 0.411 e. The van der Waals surface area contributed by atoms with Gasteiger partial charge in [0.2, 0.25) is 0 Å². The summed E-state index contributed by atoms with van der Waals surface area (Å²) in [6.07, 6.45) is 3.23.